The van der Waals surface area contributed by atoms with E-state index in [-0.39, 0.29) is 16.0 Å². The molecular formula is C9H10ClN5O2S. The summed E-state index contributed by atoms with van der Waals surface area (Å²) in [7, 11) is -3.76. The lowest BCUT2D eigenvalue weighted by molar-refractivity contribution is 0.600. The van der Waals surface area contributed by atoms with E-state index in [1.54, 1.807) is 13.8 Å². The van der Waals surface area contributed by atoms with Crippen molar-refractivity contribution in [1.82, 2.24) is 20.2 Å². The van der Waals surface area contributed by atoms with Crippen molar-refractivity contribution < 1.29 is 8.42 Å². The molecule has 0 amide bonds. The number of rotatable bonds is 3. The van der Waals surface area contributed by atoms with Gasteiger partial charge in [0.1, 0.15) is 10.0 Å². The molecule has 0 bridgehead atoms. The Hall–Kier alpha value is -1.67. The van der Waals surface area contributed by atoms with Crippen LogP contribution in [0.3, 0.4) is 0 Å². The number of hydrogen-bond donors (Lipinski definition) is 2. The van der Waals surface area contributed by atoms with Gasteiger partial charge in [-0.05, 0) is 19.9 Å². The van der Waals surface area contributed by atoms with E-state index in [1.165, 1.54) is 12.3 Å². The number of sulfonamides is 1. The summed E-state index contributed by atoms with van der Waals surface area (Å²) in [6.45, 7) is 3.29. The summed E-state index contributed by atoms with van der Waals surface area (Å²) in [5.74, 6) is -0.0689. The normalized spacial score (nSPS) is 11.5. The predicted molar refractivity (Wildman–Crippen MR) is 65.9 cm³/mol. The summed E-state index contributed by atoms with van der Waals surface area (Å²) in [4.78, 5) is 7.78. The van der Waals surface area contributed by atoms with Crippen molar-refractivity contribution in [1.29, 1.82) is 0 Å². The maximum atomic E-state index is 12.0. The standard InChI is InChI=1S/C9H10ClN5O2S/c1-5-3-8(10)13-9(12-5)15-18(16,17)7-4-11-14-6(7)2/h3-4H,1-2H3,(H,11,14)(H,12,13,15). The monoisotopic (exact) mass is 287 g/mol. The van der Waals surface area contributed by atoms with E-state index in [0.29, 0.717) is 11.4 Å². The molecule has 2 rings (SSSR count). The zero-order chi connectivity index (χ0) is 13.3. The van der Waals surface area contributed by atoms with Gasteiger partial charge < -0.3 is 0 Å². The zero-order valence-electron chi connectivity index (χ0n) is 9.60. The highest BCUT2D eigenvalue weighted by molar-refractivity contribution is 7.92. The molecule has 2 aromatic heterocycles. The maximum Gasteiger partial charge on any atom is 0.267 e. The van der Waals surface area contributed by atoms with E-state index in [4.69, 9.17) is 11.6 Å². The number of halogens is 1. The zero-order valence-corrected chi connectivity index (χ0v) is 11.2. The molecule has 0 fully saturated rings. The molecule has 0 saturated heterocycles. The van der Waals surface area contributed by atoms with E-state index >= 15 is 0 Å². The number of hydrogen-bond acceptors (Lipinski definition) is 5. The molecule has 0 saturated carbocycles. The van der Waals surface area contributed by atoms with Gasteiger partial charge in [-0.1, -0.05) is 11.6 Å². The van der Waals surface area contributed by atoms with Crippen LogP contribution in [0.25, 0.3) is 0 Å². The second-order valence-corrected chi connectivity index (χ2v) is 5.66. The summed E-state index contributed by atoms with van der Waals surface area (Å²) in [6.07, 6.45) is 1.22. The van der Waals surface area contributed by atoms with Crippen LogP contribution in [0.1, 0.15) is 11.4 Å². The van der Waals surface area contributed by atoms with Crippen molar-refractivity contribution >= 4 is 27.6 Å². The fourth-order valence-electron chi connectivity index (χ4n) is 1.36. The average Bonchev–Trinajstić information content (AvgIpc) is 2.62. The second kappa shape index (κ2) is 4.54. The van der Waals surface area contributed by atoms with E-state index in [9.17, 15) is 8.42 Å². The van der Waals surface area contributed by atoms with Crippen molar-refractivity contribution in [2.75, 3.05) is 4.72 Å². The van der Waals surface area contributed by atoms with Gasteiger partial charge in [-0.15, -0.1) is 0 Å². The Balaban J connectivity index is 2.37. The molecule has 0 radical (unpaired) electrons. The summed E-state index contributed by atoms with van der Waals surface area (Å²) >= 11 is 5.73. The summed E-state index contributed by atoms with van der Waals surface area (Å²) in [5, 5.41) is 6.37. The van der Waals surface area contributed by atoms with Gasteiger partial charge in [0.2, 0.25) is 5.95 Å². The van der Waals surface area contributed by atoms with Gasteiger partial charge in [-0.3, -0.25) is 5.10 Å². The SMILES string of the molecule is Cc1cc(Cl)nc(NS(=O)(=O)c2cn[nH]c2C)n1. The quantitative estimate of drug-likeness (QED) is 0.828. The van der Waals surface area contributed by atoms with Crippen LogP contribution < -0.4 is 4.72 Å². The van der Waals surface area contributed by atoms with Crippen LogP contribution in [0.5, 0.6) is 0 Å². The van der Waals surface area contributed by atoms with Crippen LogP contribution in [-0.4, -0.2) is 28.6 Å². The summed E-state index contributed by atoms with van der Waals surface area (Å²) in [5.41, 5.74) is 0.998. The van der Waals surface area contributed by atoms with Gasteiger partial charge in [0.25, 0.3) is 10.0 Å². The van der Waals surface area contributed by atoms with Gasteiger partial charge in [-0.2, -0.15) is 5.10 Å². The van der Waals surface area contributed by atoms with E-state index in [2.05, 4.69) is 24.9 Å². The molecule has 2 aromatic rings. The molecule has 7 nitrogen and oxygen atoms in total. The topological polar surface area (TPSA) is 101 Å². The van der Waals surface area contributed by atoms with E-state index < -0.39 is 10.0 Å². The Morgan fingerprint density at radius 2 is 2.06 bits per heavy atom. The number of anilines is 1. The number of nitrogens with zero attached hydrogens (tertiary/aromatic N) is 3. The van der Waals surface area contributed by atoms with Crippen LogP contribution in [-0.2, 0) is 10.0 Å². The number of aromatic amines is 1. The largest absolute Gasteiger partial charge is 0.281 e. The predicted octanol–water partition coefficient (Wildman–Crippen LogP) is 1.27. The molecule has 18 heavy (non-hydrogen) atoms. The highest BCUT2D eigenvalue weighted by Crippen LogP contribution is 2.16. The molecule has 96 valence electrons. The first kappa shape index (κ1) is 12.8. The van der Waals surface area contributed by atoms with E-state index in [1.807, 2.05) is 0 Å². The number of H-pyrrole nitrogens is 1. The summed E-state index contributed by atoms with van der Waals surface area (Å²) < 4.78 is 26.3. The van der Waals surface area contributed by atoms with Crippen LogP contribution in [0.4, 0.5) is 5.95 Å². The lowest BCUT2D eigenvalue weighted by Crippen LogP contribution is -2.15. The van der Waals surface area contributed by atoms with Crippen molar-refractivity contribution in [3.05, 3.63) is 28.8 Å². The number of nitrogens with one attached hydrogen (secondary N) is 2. The Labute approximate surface area is 109 Å². The minimum atomic E-state index is -3.76. The first-order valence-electron chi connectivity index (χ1n) is 4.92. The second-order valence-electron chi connectivity index (χ2n) is 3.62. The Bertz CT molecular complexity index is 662. The molecule has 0 atom stereocenters. The minimum Gasteiger partial charge on any atom is -0.281 e. The fraction of sp³-hybridized carbons (Fsp3) is 0.222. The number of aryl methyl sites for hydroxylation is 2. The maximum absolute atomic E-state index is 12.0. The smallest absolute Gasteiger partial charge is 0.267 e. The van der Waals surface area contributed by atoms with Crippen molar-refractivity contribution in [3.63, 3.8) is 0 Å². The Kier molecular flexibility index (Phi) is 3.22. The van der Waals surface area contributed by atoms with Crippen molar-refractivity contribution in [3.8, 4) is 0 Å². The van der Waals surface area contributed by atoms with Crippen LogP contribution in [0.15, 0.2) is 17.2 Å². The van der Waals surface area contributed by atoms with Gasteiger partial charge in [0, 0.05) is 5.69 Å². The molecule has 0 aliphatic carbocycles. The van der Waals surface area contributed by atoms with Gasteiger partial charge in [0.05, 0.1) is 11.9 Å². The lowest BCUT2D eigenvalue weighted by Gasteiger charge is -2.06. The lowest BCUT2D eigenvalue weighted by atomic mass is 10.5. The van der Waals surface area contributed by atoms with Crippen molar-refractivity contribution in [2.45, 2.75) is 18.7 Å². The third-order valence-electron chi connectivity index (χ3n) is 2.12. The molecule has 0 aliphatic heterocycles. The third kappa shape index (κ3) is 2.59. The molecule has 2 heterocycles. The Morgan fingerprint density at radius 3 is 2.61 bits per heavy atom. The Morgan fingerprint density at radius 1 is 1.33 bits per heavy atom. The van der Waals surface area contributed by atoms with Crippen LogP contribution >= 0.6 is 11.6 Å². The summed E-state index contributed by atoms with van der Waals surface area (Å²) in [6, 6.07) is 1.53. The molecular weight excluding hydrogens is 278 g/mol. The molecule has 0 aliphatic rings. The van der Waals surface area contributed by atoms with Crippen molar-refractivity contribution in [2.24, 2.45) is 0 Å². The highest BCUT2D eigenvalue weighted by Gasteiger charge is 2.20. The molecule has 2 N–H and O–H groups in total. The molecule has 9 heteroatoms. The molecule has 0 unspecified atom stereocenters. The number of aromatic nitrogens is 4. The first-order valence-corrected chi connectivity index (χ1v) is 6.78. The van der Waals surface area contributed by atoms with Gasteiger partial charge in [-0.25, -0.2) is 23.1 Å². The first-order chi connectivity index (χ1) is 8.38. The average molecular weight is 288 g/mol. The third-order valence-corrected chi connectivity index (χ3v) is 3.76. The van der Waals surface area contributed by atoms with E-state index in [0.717, 1.165) is 0 Å². The molecule has 0 spiro atoms. The fourth-order valence-corrected chi connectivity index (χ4v) is 2.68. The van der Waals surface area contributed by atoms with Crippen LogP contribution in [0.2, 0.25) is 5.15 Å². The van der Waals surface area contributed by atoms with Crippen LogP contribution in [0, 0.1) is 13.8 Å². The molecule has 0 aromatic carbocycles. The van der Waals surface area contributed by atoms with Gasteiger partial charge in [0.15, 0.2) is 0 Å². The highest BCUT2D eigenvalue weighted by atomic mass is 35.5. The van der Waals surface area contributed by atoms with Gasteiger partial charge >= 0.3 is 0 Å². The minimum absolute atomic E-state index is 0.0451.